The van der Waals surface area contributed by atoms with Crippen LogP contribution in [-0.2, 0) is 0 Å². The summed E-state index contributed by atoms with van der Waals surface area (Å²) in [7, 11) is 0. The average molecular weight is 333 g/mol. The van der Waals surface area contributed by atoms with E-state index in [1.54, 1.807) is 6.92 Å². The van der Waals surface area contributed by atoms with Gasteiger partial charge < -0.3 is 5.32 Å². The summed E-state index contributed by atoms with van der Waals surface area (Å²) < 4.78 is 28.8. The molecule has 1 fully saturated rings. The van der Waals surface area contributed by atoms with Crippen molar-refractivity contribution >= 4 is 12.4 Å². The van der Waals surface area contributed by atoms with Gasteiger partial charge in [-0.05, 0) is 25.0 Å². The Morgan fingerprint density at radius 3 is 2.50 bits per heavy atom. The van der Waals surface area contributed by atoms with E-state index in [4.69, 9.17) is 0 Å². The van der Waals surface area contributed by atoms with Gasteiger partial charge in [0, 0.05) is 37.8 Å². The predicted octanol–water partition coefficient (Wildman–Crippen LogP) is 4.22. The van der Waals surface area contributed by atoms with Crippen molar-refractivity contribution in [3.63, 3.8) is 0 Å². The summed E-state index contributed by atoms with van der Waals surface area (Å²) in [5.74, 6) is -0.770. The molecule has 1 atom stereocenters. The van der Waals surface area contributed by atoms with Gasteiger partial charge in [-0.2, -0.15) is 0 Å². The molecular weight excluding hydrogens is 306 g/mol. The molecule has 1 aromatic rings. The van der Waals surface area contributed by atoms with Crippen LogP contribution < -0.4 is 5.32 Å². The van der Waals surface area contributed by atoms with Gasteiger partial charge in [-0.25, -0.2) is 8.78 Å². The van der Waals surface area contributed by atoms with Crippen LogP contribution in [0, 0.1) is 18.6 Å². The Hall–Kier alpha value is -0.710. The minimum absolute atomic E-state index is 0. The standard InChI is InChI=1S/C17H26F2N2.ClH/c1-3-4-5-6-15(21-11-9-20-10-12-21)16-14(18)8-7-13(2)17(16)19;/h7-8,15,20H,3-6,9-12H2,1-2H3;1H/t15-;/m1./s1. The second-order valence-corrected chi connectivity index (χ2v) is 5.89. The first-order valence-electron chi connectivity index (χ1n) is 8.04. The Bertz CT molecular complexity index is 462. The zero-order valence-corrected chi connectivity index (χ0v) is 14.3. The number of nitrogens with zero attached hydrogens (tertiary/aromatic N) is 1. The highest BCUT2D eigenvalue weighted by molar-refractivity contribution is 5.85. The highest BCUT2D eigenvalue weighted by Gasteiger charge is 2.27. The van der Waals surface area contributed by atoms with E-state index < -0.39 is 5.82 Å². The van der Waals surface area contributed by atoms with Crippen molar-refractivity contribution in [2.75, 3.05) is 26.2 Å². The van der Waals surface area contributed by atoms with Gasteiger partial charge in [0.05, 0.1) is 0 Å². The predicted molar refractivity (Wildman–Crippen MR) is 89.7 cm³/mol. The molecule has 1 aromatic carbocycles. The lowest BCUT2D eigenvalue weighted by molar-refractivity contribution is 0.156. The molecule has 1 N–H and O–H groups in total. The average Bonchev–Trinajstić information content (AvgIpc) is 2.51. The largest absolute Gasteiger partial charge is 0.314 e. The number of halogens is 3. The first kappa shape index (κ1) is 19.3. The number of nitrogens with one attached hydrogen (secondary N) is 1. The Morgan fingerprint density at radius 1 is 1.18 bits per heavy atom. The van der Waals surface area contributed by atoms with Crippen molar-refractivity contribution in [3.8, 4) is 0 Å². The molecule has 1 aliphatic heterocycles. The molecule has 1 saturated heterocycles. The molecule has 0 aromatic heterocycles. The van der Waals surface area contributed by atoms with Gasteiger partial charge in [0.15, 0.2) is 0 Å². The van der Waals surface area contributed by atoms with Crippen LogP contribution in [0.25, 0.3) is 0 Å². The van der Waals surface area contributed by atoms with E-state index in [0.29, 0.717) is 5.56 Å². The first-order chi connectivity index (χ1) is 10.1. The van der Waals surface area contributed by atoms with Gasteiger partial charge in [-0.1, -0.05) is 32.3 Å². The van der Waals surface area contributed by atoms with E-state index in [1.807, 2.05) is 0 Å². The van der Waals surface area contributed by atoms with Crippen LogP contribution in [-0.4, -0.2) is 31.1 Å². The molecule has 22 heavy (non-hydrogen) atoms. The molecule has 0 radical (unpaired) electrons. The first-order valence-corrected chi connectivity index (χ1v) is 8.04. The van der Waals surface area contributed by atoms with Gasteiger partial charge in [0.2, 0.25) is 0 Å². The summed E-state index contributed by atoms with van der Waals surface area (Å²) in [6.45, 7) is 7.33. The van der Waals surface area contributed by atoms with Crippen LogP contribution in [0.3, 0.4) is 0 Å². The van der Waals surface area contributed by atoms with Crippen LogP contribution >= 0.6 is 12.4 Å². The van der Waals surface area contributed by atoms with Crippen LogP contribution in [0.5, 0.6) is 0 Å². The van der Waals surface area contributed by atoms with Crippen molar-refractivity contribution < 1.29 is 8.78 Å². The molecular formula is C17H27ClF2N2. The van der Waals surface area contributed by atoms with E-state index in [0.717, 1.165) is 51.9 Å². The molecule has 0 bridgehead atoms. The maximum atomic E-state index is 14.5. The highest BCUT2D eigenvalue weighted by atomic mass is 35.5. The highest BCUT2D eigenvalue weighted by Crippen LogP contribution is 2.32. The molecule has 5 heteroatoms. The fraction of sp³-hybridized carbons (Fsp3) is 0.647. The molecule has 1 aliphatic rings. The lowest BCUT2D eigenvalue weighted by Crippen LogP contribution is -2.45. The maximum absolute atomic E-state index is 14.5. The van der Waals surface area contributed by atoms with Gasteiger partial charge in [-0.15, -0.1) is 12.4 Å². The van der Waals surface area contributed by atoms with Crippen LogP contribution in [0.15, 0.2) is 12.1 Å². The topological polar surface area (TPSA) is 15.3 Å². The third-order valence-electron chi connectivity index (χ3n) is 4.33. The van der Waals surface area contributed by atoms with Gasteiger partial charge in [0.1, 0.15) is 11.6 Å². The van der Waals surface area contributed by atoms with Crippen molar-refractivity contribution in [2.24, 2.45) is 0 Å². The van der Waals surface area contributed by atoms with Gasteiger partial charge in [-0.3, -0.25) is 4.90 Å². The Labute approximate surface area is 138 Å². The fourth-order valence-corrected chi connectivity index (χ4v) is 3.07. The summed E-state index contributed by atoms with van der Waals surface area (Å²) in [5, 5.41) is 3.30. The number of rotatable bonds is 6. The van der Waals surface area contributed by atoms with Crippen molar-refractivity contribution in [3.05, 3.63) is 34.9 Å². The smallest absolute Gasteiger partial charge is 0.133 e. The third kappa shape index (κ3) is 4.64. The number of piperazine rings is 1. The lowest BCUT2D eigenvalue weighted by Gasteiger charge is -2.35. The molecule has 0 spiro atoms. The minimum Gasteiger partial charge on any atom is -0.314 e. The summed E-state index contributed by atoms with van der Waals surface area (Å²) in [4.78, 5) is 2.23. The molecule has 1 heterocycles. The van der Waals surface area contributed by atoms with Crippen molar-refractivity contribution in [1.29, 1.82) is 0 Å². The molecule has 2 nitrogen and oxygen atoms in total. The number of aryl methyl sites for hydroxylation is 1. The van der Waals surface area contributed by atoms with E-state index in [9.17, 15) is 8.78 Å². The van der Waals surface area contributed by atoms with E-state index >= 15 is 0 Å². The monoisotopic (exact) mass is 332 g/mol. The molecule has 0 aliphatic carbocycles. The summed E-state index contributed by atoms with van der Waals surface area (Å²) in [5.41, 5.74) is 0.801. The zero-order chi connectivity index (χ0) is 15.2. The molecule has 2 rings (SSSR count). The molecule has 0 amide bonds. The Balaban J connectivity index is 0.00000242. The van der Waals surface area contributed by atoms with E-state index in [1.165, 1.54) is 12.1 Å². The molecule has 0 saturated carbocycles. The maximum Gasteiger partial charge on any atom is 0.133 e. The SMILES string of the molecule is CCCCC[C@H](c1c(F)ccc(C)c1F)N1CCNCC1.Cl. The van der Waals surface area contributed by atoms with Gasteiger partial charge >= 0.3 is 0 Å². The number of unbranched alkanes of at least 4 members (excludes halogenated alkanes) is 2. The van der Waals surface area contributed by atoms with Crippen LogP contribution in [0.4, 0.5) is 8.78 Å². The fourth-order valence-electron chi connectivity index (χ4n) is 3.07. The normalized spacial score (nSPS) is 17.1. The Morgan fingerprint density at radius 2 is 1.86 bits per heavy atom. The summed E-state index contributed by atoms with van der Waals surface area (Å²) in [6, 6.07) is 2.79. The quantitative estimate of drug-likeness (QED) is 0.785. The Kier molecular flexibility index (Phi) is 8.29. The summed E-state index contributed by atoms with van der Waals surface area (Å²) in [6.07, 6.45) is 4.06. The number of hydrogen-bond acceptors (Lipinski definition) is 2. The molecule has 0 unspecified atom stereocenters. The summed E-state index contributed by atoms with van der Waals surface area (Å²) >= 11 is 0. The second-order valence-electron chi connectivity index (χ2n) is 5.89. The number of benzene rings is 1. The van der Waals surface area contributed by atoms with Crippen molar-refractivity contribution in [2.45, 2.75) is 45.6 Å². The van der Waals surface area contributed by atoms with Crippen LogP contribution in [0.2, 0.25) is 0 Å². The van der Waals surface area contributed by atoms with Crippen LogP contribution in [0.1, 0.15) is 49.8 Å². The minimum atomic E-state index is -0.405. The number of hydrogen-bond donors (Lipinski definition) is 1. The lowest BCUT2D eigenvalue weighted by atomic mass is 9.95. The van der Waals surface area contributed by atoms with Gasteiger partial charge in [0.25, 0.3) is 0 Å². The zero-order valence-electron chi connectivity index (χ0n) is 13.5. The van der Waals surface area contributed by atoms with E-state index in [2.05, 4.69) is 17.1 Å². The molecule has 126 valence electrons. The van der Waals surface area contributed by atoms with E-state index in [-0.39, 0.29) is 29.8 Å². The van der Waals surface area contributed by atoms with Crippen molar-refractivity contribution in [1.82, 2.24) is 10.2 Å². The second kappa shape index (κ2) is 9.43. The third-order valence-corrected chi connectivity index (χ3v) is 4.33.